The third-order valence-corrected chi connectivity index (χ3v) is 6.70. The summed E-state index contributed by atoms with van der Waals surface area (Å²) in [5, 5.41) is 5.63. The number of pyridine rings is 2. The van der Waals surface area contributed by atoms with E-state index in [0.717, 1.165) is 44.5 Å². The molecule has 3 aromatic carbocycles. The Kier molecular flexibility index (Phi) is 7.06. The van der Waals surface area contributed by atoms with Crippen molar-refractivity contribution >= 4 is 43.4 Å². The van der Waals surface area contributed by atoms with E-state index in [1.807, 2.05) is 67.7 Å². The zero-order valence-corrected chi connectivity index (χ0v) is 22.6. The Hall–Kier alpha value is -3.63. The van der Waals surface area contributed by atoms with Gasteiger partial charge >= 0.3 is 0 Å². The predicted molar refractivity (Wildman–Crippen MR) is 144 cm³/mol. The fourth-order valence-electron chi connectivity index (χ4n) is 4.08. The third kappa shape index (κ3) is 4.74. The van der Waals surface area contributed by atoms with Crippen LogP contribution < -0.4 is 0 Å². The quantitative estimate of drug-likeness (QED) is 0.175. The van der Waals surface area contributed by atoms with E-state index in [9.17, 15) is 0 Å². The number of hydrogen-bond acceptors (Lipinski definition) is 4. The summed E-state index contributed by atoms with van der Waals surface area (Å²) in [5.74, 6) is 0. The number of rotatable bonds is 2. The zero-order chi connectivity index (χ0) is 23.6. The minimum Gasteiger partial charge on any atom is -0.501 e. The molecule has 4 heterocycles. The minimum absolute atomic E-state index is 0. The molecule has 0 aliphatic carbocycles. The second kappa shape index (κ2) is 10.5. The first-order valence-corrected chi connectivity index (χ1v) is 12.2. The van der Waals surface area contributed by atoms with E-state index in [1.54, 1.807) is 17.5 Å². The Morgan fingerprint density at radius 2 is 1.72 bits per heavy atom. The maximum atomic E-state index is 6.15. The van der Waals surface area contributed by atoms with Crippen LogP contribution in [0.25, 0.3) is 54.5 Å². The fraction of sp³-hybridized carbons (Fsp3) is 0.0323. The molecule has 0 atom stereocenters. The fourth-order valence-corrected chi connectivity index (χ4v) is 4.88. The molecule has 0 aliphatic heterocycles. The topological polar surface area (TPSA) is 38.9 Å². The summed E-state index contributed by atoms with van der Waals surface area (Å²) in [5.41, 5.74) is 6.77. The molecule has 0 spiro atoms. The predicted octanol–water partition coefficient (Wildman–Crippen LogP) is 8.52. The maximum absolute atomic E-state index is 6.15. The monoisotopic (exact) mass is 661 g/mol. The van der Waals surface area contributed by atoms with Crippen molar-refractivity contribution in [3.63, 3.8) is 0 Å². The molecule has 0 fully saturated rings. The van der Waals surface area contributed by atoms with Crippen LogP contribution in [0.1, 0.15) is 5.56 Å². The van der Waals surface area contributed by atoms with Gasteiger partial charge in [-0.25, -0.2) is 0 Å². The number of furan rings is 1. The van der Waals surface area contributed by atoms with Crippen LogP contribution in [0.2, 0.25) is 0 Å². The van der Waals surface area contributed by atoms with Gasteiger partial charge in [-0.05, 0) is 58.9 Å². The maximum Gasteiger partial charge on any atom is 0.122 e. The van der Waals surface area contributed by atoms with Crippen LogP contribution in [0.4, 0.5) is 0 Å². The van der Waals surface area contributed by atoms with Crippen molar-refractivity contribution in [3.8, 4) is 22.5 Å². The van der Waals surface area contributed by atoms with Crippen LogP contribution in [0, 0.1) is 19.1 Å². The number of fused-ring (bicyclic) bond motifs is 4. The summed E-state index contributed by atoms with van der Waals surface area (Å²) >= 11 is 1.73. The molecule has 0 bridgehead atoms. The van der Waals surface area contributed by atoms with Gasteiger partial charge in [-0.3, -0.25) is 0 Å². The Morgan fingerprint density at radius 1 is 0.806 bits per heavy atom. The van der Waals surface area contributed by atoms with Crippen LogP contribution in [-0.2, 0) is 20.1 Å². The van der Waals surface area contributed by atoms with E-state index in [-0.39, 0.29) is 20.1 Å². The van der Waals surface area contributed by atoms with Crippen LogP contribution in [0.3, 0.4) is 0 Å². The molecule has 0 amide bonds. The molecule has 5 heteroatoms. The minimum atomic E-state index is 0. The van der Waals surface area contributed by atoms with Crippen LogP contribution >= 0.6 is 11.3 Å². The molecular weight excluding hydrogens is 641 g/mol. The molecule has 4 aromatic heterocycles. The SMILES string of the molecule is Cc1ccc(-c2[c-]cccc2)nc1.[Ir].[c-]1ccc2c(oc3cc4sccc4cc32)c1-c1ccccn1. The van der Waals surface area contributed by atoms with E-state index in [0.29, 0.717) is 0 Å². The number of nitrogens with zero attached hydrogens (tertiary/aromatic N) is 2. The van der Waals surface area contributed by atoms with Crippen LogP contribution in [0.5, 0.6) is 0 Å². The number of thiophene rings is 1. The van der Waals surface area contributed by atoms with Gasteiger partial charge in [0, 0.05) is 42.6 Å². The average molecular weight is 661 g/mol. The van der Waals surface area contributed by atoms with Gasteiger partial charge in [0.2, 0.25) is 0 Å². The summed E-state index contributed by atoms with van der Waals surface area (Å²) in [6, 6.07) is 34.7. The summed E-state index contributed by atoms with van der Waals surface area (Å²) in [7, 11) is 0. The van der Waals surface area contributed by atoms with Crippen molar-refractivity contribution in [1.82, 2.24) is 9.97 Å². The second-order valence-corrected chi connectivity index (χ2v) is 9.16. The van der Waals surface area contributed by atoms with E-state index < -0.39 is 0 Å². The average Bonchev–Trinajstić information content (AvgIpc) is 3.53. The molecule has 0 N–H and O–H groups in total. The third-order valence-electron chi connectivity index (χ3n) is 5.82. The Labute approximate surface area is 226 Å². The molecule has 3 nitrogen and oxygen atoms in total. The summed E-state index contributed by atoms with van der Waals surface area (Å²) < 4.78 is 7.40. The molecule has 36 heavy (non-hydrogen) atoms. The van der Waals surface area contributed by atoms with Crippen LogP contribution in [-0.4, -0.2) is 9.97 Å². The van der Waals surface area contributed by atoms with Gasteiger partial charge in [0.05, 0.1) is 5.58 Å². The first-order valence-electron chi connectivity index (χ1n) is 11.3. The van der Waals surface area contributed by atoms with Gasteiger partial charge in [0.25, 0.3) is 0 Å². The zero-order valence-electron chi connectivity index (χ0n) is 19.4. The van der Waals surface area contributed by atoms with Crippen molar-refractivity contribution in [3.05, 3.63) is 120 Å². The Bertz CT molecular complexity index is 1740. The summed E-state index contributed by atoms with van der Waals surface area (Å²) in [4.78, 5) is 8.74. The molecular formula is C31H20IrN2OS-2. The summed E-state index contributed by atoms with van der Waals surface area (Å²) in [6.45, 7) is 2.03. The summed E-state index contributed by atoms with van der Waals surface area (Å²) in [6.07, 6.45) is 3.66. The first kappa shape index (κ1) is 24.1. The molecule has 0 saturated heterocycles. The van der Waals surface area contributed by atoms with Crippen LogP contribution in [0.15, 0.2) is 107 Å². The molecule has 0 saturated carbocycles. The number of aromatic nitrogens is 2. The van der Waals surface area contributed by atoms with E-state index >= 15 is 0 Å². The number of aryl methyl sites for hydroxylation is 1. The standard InChI is InChI=1S/C19H10NOS.C12H10N.Ir/c1-2-8-20-16(6-1)14-5-3-4-13-15-10-12-7-9-22-18(12)11-17(15)21-19(13)14;1-10-7-8-12(13-9-10)11-5-3-2-4-6-11;/h1-4,6-11H;2-5,7-9H,1H3;/q2*-1;. The molecule has 0 unspecified atom stereocenters. The molecule has 177 valence electrons. The van der Waals surface area contributed by atoms with Gasteiger partial charge in [0.1, 0.15) is 5.58 Å². The number of hydrogen-bond donors (Lipinski definition) is 0. The number of benzene rings is 3. The molecule has 1 radical (unpaired) electrons. The second-order valence-electron chi connectivity index (χ2n) is 8.22. The van der Waals surface area contributed by atoms with Crippen molar-refractivity contribution in [1.29, 1.82) is 0 Å². The van der Waals surface area contributed by atoms with Crippen molar-refractivity contribution in [2.24, 2.45) is 0 Å². The Morgan fingerprint density at radius 3 is 2.50 bits per heavy atom. The van der Waals surface area contributed by atoms with Gasteiger partial charge < -0.3 is 14.4 Å². The van der Waals surface area contributed by atoms with E-state index in [1.165, 1.54) is 15.6 Å². The van der Waals surface area contributed by atoms with E-state index in [4.69, 9.17) is 4.42 Å². The molecule has 7 rings (SSSR count). The van der Waals surface area contributed by atoms with Gasteiger partial charge in [-0.2, -0.15) is 0 Å². The van der Waals surface area contributed by atoms with E-state index in [2.05, 4.69) is 57.8 Å². The van der Waals surface area contributed by atoms with Crippen molar-refractivity contribution in [2.75, 3.05) is 0 Å². The Balaban J connectivity index is 0.000000164. The first-order chi connectivity index (χ1) is 17.3. The molecule has 7 aromatic rings. The van der Waals surface area contributed by atoms with Gasteiger partial charge in [-0.15, -0.1) is 65.4 Å². The smallest absolute Gasteiger partial charge is 0.122 e. The molecule has 0 aliphatic rings. The van der Waals surface area contributed by atoms with Gasteiger partial charge in [0.15, 0.2) is 0 Å². The van der Waals surface area contributed by atoms with Crippen molar-refractivity contribution < 1.29 is 24.5 Å². The van der Waals surface area contributed by atoms with Gasteiger partial charge in [-0.1, -0.05) is 35.2 Å². The normalized spacial score (nSPS) is 10.7. The largest absolute Gasteiger partial charge is 0.501 e. The van der Waals surface area contributed by atoms with Crippen molar-refractivity contribution in [2.45, 2.75) is 6.92 Å².